The number of nitrogens with two attached hydrogens (primary N) is 1. The molecule has 2 aliphatic rings. The Kier molecular flexibility index (Phi) is 5.76. The number of nitrogens with one attached hydrogen (secondary N) is 1. The third-order valence-electron chi connectivity index (χ3n) is 3.67. The number of imide groups is 1. The molecule has 0 aromatic carbocycles. The molecule has 3 N–H and O–H groups in total. The van der Waals surface area contributed by atoms with E-state index in [1.165, 1.54) is 4.90 Å². The fourth-order valence-corrected chi connectivity index (χ4v) is 2.68. The number of amides is 4. The van der Waals surface area contributed by atoms with E-state index in [1.807, 2.05) is 6.92 Å². The van der Waals surface area contributed by atoms with Gasteiger partial charge in [-0.05, 0) is 26.2 Å². The molecular weight excluding hydrogens is 284 g/mol. The highest BCUT2D eigenvalue weighted by Crippen LogP contribution is 2.19. The van der Waals surface area contributed by atoms with Crippen LogP contribution in [0.15, 0.2) is 0 Å². The van der Waals surface area contributed by atoms with Gasteiger partial charge in [-0.1, -0.05) is 0 Å². The minimum atomic E-state index is -0.493. The molecule has 8 heteroatoms. The van der Waals surface area contributed by atoms with E-state index in [-0.39, 0.29) is 49.4 Å². The highest BCUT2D eigenvalue weighted by atomic mass is 35.5. The van der Waals surface area contributed by atoms with E-state index in [1.54, 1.807) is 4.90 Å². The average molecular weight is 305 g/mol. The molecule has 2 rings (SSSR count). The predicted octanol–water partition coefficient (Wildman–Crippen LogP) is -0.312. The first-order valence-corrected chi connectivity index (χ1v) is 6.63. The smallest absolute Gasteiger partial charge is 0.325 e. The molecule has 0 aromatic rings. The molecule has 0 bridgehead atoms. The van der Waals surface area contributed by atoms with Crippen LogP contribution < -0.4 is 11.1 Å². The van der Waals surface area contributed by atoms with E-state index in [0.717, 1.165) is 19.3 Å². The molecule has 2 saturated heterocycles. The van der Waals surface area contributed by atoms with E-state index in [2.05, 4.69) is 5.32 Å². The van der Waals surface area contributed by atoms with Crippen LogP contribution in [0.4, 0.5) is 4.79 Å². The molecule has 0 spiro atoms. The zero-order valence-electron chi connectivity index (χ0n) is 11.5. The molecule has 2 unspecified atom stereocenters. The van der Waals surface area contributed by atoms with Gasteiger partial charge in [0.1, 0.15) is 13.1 Å². The maximum Gasteiger partial charge on any atom is 0.325 e. The molecule has 114 valence electrons. The quantitative estimate of drug-likeness (QED) is 0.699. The predicted molar refractivity (Wildman–Crippen MR) is 75.4 cm³/mol. The van der Waals surface area contributed by atoms with Crippen LogP contribution in [0.3, 0.4) is 0 Å². The van der Waals surface area contributed by atoms with Gasteiger partial charge in [-0.3, -0.25) is 14.9 Å². The summed E-state index contributed by atoms with van der Waals surface area (Å²) in [6.45, 7) is 2.47. The van der Waals surface area contributed by atoms with Crippen molar-refractivity contribution >= 4 is 30.3 Å². The van der Waals surface area contributed by atoms with Gasteiger partial charge in [0.05, 0.1) is 0 Å². The van der Waals surface area contributed by atoms with Gasteiger partial charge in [0, 0.05) is 18.6 Å². The fraction of sp³-hybridized carbons (Fsp3) is 0.750. The second-order valence-electron chi connectivity index (χ2n) is 5.22. The molecule has 2 heterocycles. The summed E-state index contributed by atoms with van der Waals surface area (Å²) in [4.78, 5) is 37.7. The van der Waals surface area contributed by atoms with Crippen LogP contribution in [-0.2, 0) is 9.59 Å². The van der Waals surface area contributed by atoms with E-state index >= 15 is 0 Å². The van der Waals surface area contributed by atoms with Crippen LogP contribution in [0.25, 0.3) is 0 Å². The summed E-state index contributed by atoms with van der Waals surface area (Å²) in [5.74, 6) is -0.493. The number of piperidine rings is 1. The molecule has 4 amide bonds. The number of carbonyl (C=O) groups is 3. The summed E-state index contributed by atoms with van der Waals surface area (Å²) in [6.07, 6.45) is 2.92. The zero-order valence-corrected chi connectivity index (χ0v) is 12.3. The van der Waals surface area contributed by atoms with E-state index in [4.69, 9.17) is 5.73 Å². The SMILES string of the molecule is CC(N)C1CCCCN1C(=O)CN1CC(=O)NC1=O.Cl. The van der Waals surface area contributed by atoms with Gasteiger partial charge in [-0.2, -0.15) is 0 Å². The number of nitrogens with zero attached hydrogens (tertiary/aromatic N) is 2. The highest BCUT2D eigenvalue weighted by molar-refractivity contribution is 6.03. The van der Waals surface area contributed by atoms with Crippen LogP contribution in [0.1, 0.15) is 26.2 Å². The monoisotopic (exact) mass is 304 g/mol. The molecule has 2 fully saturated rings. The van der Waals surface area contributed by atoms with E-state index in [9.17, 15) is 14.4 Å². The largest absolute Gasteiger partial charge is 0.337 e. The molecule has 2 aliphatic heterocycles. The molecule has 2 atom stereocenters. The minimum Gasteiger partial charge on any atom is -0.337 e. The molecule has 20 heavy (non-hydrogen) atoms. The lowest BCUT2D eigenvalue weighted by molar-refractivity contribution is -0.135. The van der Waals surface area contributed by atoms with Gasteiger partial charge in [0.15, 0.2) is 0 Å². The number of halogens is 1. The Morgan fingerprint density at radius 3 is 2.70 bits per heavy atom. The van der Waals surface area contributed by atoms with Crippen molar-refractivity contribution < 1.29 is 14.4 Å². The first-order chi connectivity index (χ1) is 8.99. The average Bonchev–Trinajstić information content (AvgIpc) is 2.67. The Morgan fingerprint density at radius 2 is 2.15 bits per heavy atom. The molecule has 7 nitrogen and oxygen atoms in total. The van der Waals surface area contributed by atoms with Gasteiger partial charge in [0.2, 0.25) is 11.8 Å². The van der Waals surface area contributed by atoms with Crippen LogP contribution >= 0.6 is 12.4 Å². The van der Waals surface area contributed by atoms with Crippen LogP contribution in [0, 0.1) is 0 Å². The van der Waals surface area contributed by atoms with Gasteiger partial charge in [-0.25, -0.2) is 4.79 Å². The number of hydrogen-bond donors (Lipinski definition) is 2. The first kappa shape index (κ1) is 16.7. The zero-order chi connectivity index (χ0) is 14.0. The number of hydrogen-bond acceptors (Lipinski definition) is 4. The Labute approximate surface area is 124 Å². The topological polar surface area (TPSA) is 95.7 Å². The lowest BCUT2D eigenvalue weighted by Crippen LogP contribution is -2.54. The van der Waals surface area contributed by atoms with Crippen LogP contribution in [0.2, 0.25) is 0 Å². The summed E-state index contributed by atoms with van der Waals surface area (Å²) in [6, 6.07) is -0.548. The highest BCUT2D eigenvalue weighted by Gasteiger charge is 2.33. The molecule has 0 aromatic heterocycles. The molecular formula is C12H21ClN4O3. The summed E-state index contributed by atoms with van der Waals surface area (Å²) >= 11 is 0. The van der Waals surface area contributed by atoms with E-state index < -0.39 is 6.03 Å². The standard InChI is InChI=1S/C12H20N4O3.ClH/c1-8(13)9-4-2-3-5-16(9)11(18)7-15-6-10(17)14-12(15)19;/h8-9H,2-7,13H2,1H3,(H,14,17,19);1H. The third kappa shape index (κ3) is 3.61. The second kappa shape index (κ2) is 6.90. The van der Waals surface area contributed by atoms with Gasteiger partial charge in [0.25, 0.3) is 0 Å². The summed E-state index contributed by atoms with van der Waals surface area (Å²) in [5.41, 5.74) is 5.91. The second-order valence-corrected chi connectivity index (χ2v) is 5.22. The number of rotatable bonds is 3. The van der Waals surface area contributed by atoms with Crippen molar-refractivity contribution in [1.29, 1.82) is 0 Å². The fourth-order valence-electron chi connectivity index (χ4n) is 2.68. The van der Waals surface area contributed by atoms with Crippen LogP contribution in [0.5, 0.6) is 0 Å². The Hall–Kier alpha value is -1.34. The van der Waals surface area contributed by atoms with Crippen LogP contribution in [-0.4, -0.2) is 59.4 Å². The number of carbonyl (C=O) groups excluding carboxylic acids is 3. The summed E-state index contributed by atoms with van der Waals surface area (Å²) in [5, 5.41) is 2.16. The first-order valence-electron chi connectivity index (χ1n) is 6.63. The Balaban J connectivity index is 0.00000200. The van der Waals surface area contributed by atoms with Crippen molar-refractivity contribution in [2.75, 3.05) is 19.6 Å². The third-order valence-corrected chi connectivity index (χ3v) is 3.67. The van der Waals surface area contributed by atoms with Crippen molar-refractivity contribution in [1.82, 2.24) is 15.1 Å². The van der Waals surface area contributed by atoms with Gasteiger partial charge >= 0.3 is 6.03 Å². The summed E-state index contributed by atoms with van der Waals surface area (Å²) < 4.78 is 0. The van der Waals surface area contributed by atoms with Crippen molar-refractivity contribution in [2.24, 2.45) is 5.73 Å². The Morgan fingerprint density at radius 1 is 1.45 bits per heavy atom. The lowest BCUT2D eigenvalue weighted by Gasteiger charge is -2.38. The molecule has 0 aliphatic carbocycles. The lowest BCUT2D eigenvalue weighted by atomic mass is 9.97. The number of likely N-dealkylation sites (tertiary alicyclic amines) is 1. The number of urea groups is 1. The minimum absolute atomic E-state index is 0. The van der Waals surface area contributed by atoms with Crippen molar-refractivity contribution in [3.05, 3.63) is 0 Å². The van der Waals surface area contributed by atoms with Gasteiger partial charge < -0.3 is 15.5 Å². The molecule has 0 saturated carbocycles. The van der Waals surface area contributed by atoms with Crippen molar-refractivity contribution in [3.63, 3.8) is 0 Å². The van der Waals surface area contributed by atoms with E-state index in [0.29, 0.717) is 6.54 Å². The maximum absolute atomic E-state index is 12.3. The summed E-state index contributed by atoms with van der Waals surface area (Å²) in [7, 11) is 0. The Bertz CT molecular complexity index is 402. The molecule has 0 radical (unpaired) electrons. The van der Waals surface area contributed by atoms with Crippen molar-refractivity contribution in [2.45, 2.75) is 38.3 Å². The normalized spacial score (nSPS) is 24.2. The maximum atomic E-state index is 12.3. The van der Waals surface area contributed by atoms with Crippen molar-refractivity contribution in [3.8, 4) is 0 Å². The van der Waals surface area contributed by atoms with Gasteiger partial charge in [-0.15, -0.1) is 12.4 Å².